The van der Waals surface area contributed by atoms with E-state index in [0.29, 0.717) is 0 Å². The number of carboxylic acid groups (broad SMARTS) is 1. The number of ether oxygens (including phenoxy) is 1. The lowest BCUT2D eigenvalue weighted by atomic mass is 10.2. The van der Waals surface area contributed by atoms with Gasteiger partial charge in [-0.15, -0.1) is 0 Å². The van der Waals surface area contributed by atoms with Crippen molar-refractivity contribution in [3.05, 3.63) is 0 Å². The summed E-state index contributed by atoms with van der Waals surface area (Å²) in [7, 11) is 0. The summed E-state index contributed by atoms with van der Waals surface area (Å²) in [6.07, 6.45) is -0.860. The topological polar surface area (TPSA) is 66.8 Å². The molecule has 0 aliphatic rings. The van der Waals surface area contributed by atoms with Gasteiger partial charge >= 0.3 is 5.97 Å². The third-order valence-electron chi connectivity index (χ3n) is 1.03. The Kier molecular flexibility index (Phi) is 3.48. The van der Waals surface area contributed by atoms with Gasteiger partial charge in [0.05, 0.1) is 12.2 Å². The summed E-state index contributed by atoms with van der Waals surface area (Å²) in [5.74, 6) is -1.02. The maximum atomic E-state index is 10.2. The third-order valence-corrected chi connectivity index (χ3v) is 1.03. The van der Waals surface area contributed by atoms with Gasteiger partial charge < -0.3 is 14.9 Å². The van der Waals surface area contributed by atoms with Crippen molar-refractivity contribution in [1.82, 2.24) is 0 Å². The second-order valence-corrected chi connectivity index (χ2v) is 3.10. The molecule has 0 aromatic heterocycles. The SMILES string of the molecule is C[C@@H](OCC(C)(C)O)C(=O)O. The first-order chi connectivity index (χ1) is 4.83. The molecular formula is C7H14O4. The van der Waals surface area contributed by atoms with Gasteiger partial charge in [-0.05, 0) is 20.8 Å². The molecule has 0 saturated heterocycles. The van der Waals surface area contributed by atoms with Crippen molar-refractivity contribution in [1.29, 1.82) is 0 Å². The fourth-order valence-corrected chi connectivity index (χ4v) is 0.400. The molecule has 1 atom stereocenters. The Morgan fingerprint density at radius 1 is 1.64 bits per heavy atom. The molecule has 66 valence electrons. The minimum absolute atomic E-state index is 0.0282. The van der Waals surface area contributed by atoms with Crippen LogP contribution in [0.15, 0.2) is 0 Å². The van der Waals surface area contributed by atoms with Crippen molar-refractivity contribution in [2.24, 2.45) is 0 Å². The molecule has 0 unspecified atom stereocenters. The number of rotatable bonds is 4. The van der Waals surface area contributed by atoms with Crippen molar-refractivity contribution in [2.45, 2.75) is 32.5 Å². The van der Waals surface area contributed by atoms with Crippen molar-refractivity contribution in [3.63, 3.8) is 0 Å². The molecule has 0 bridgehead atoms. The molecule has 0 saturated carbocycles. The molecule has 0 rings (SSSR count). The van der Waals surface area contributed by atoms with Crippen molar-refractivity contribution in [2.75, 3.05) is 6.61 Å². The van der Waals surface area contributed by atoms with Gasteiger partial charge in [-0.25, -0.2) is 4.79 Å². The highest BCUT2D eigenvalue weighted by atomic mass is 16.5. The van der Waals surface area contributed by atoms with Crippen LogP contribution in [-0.2, 0) is 9.53 Å². The highest BCUT2D eigenvalue weighted by Crippen LogP contribution is 2.03. The van der Waals surface area contributed by atoms with Gasteiger partial charge in [0.2, 0.25) is 0 Å². The lowest BCUT2D eigenvalue weighted by molar-refractivity contribution is -0.152. The zero-order chi connectivity index (χ0) is 9.07. The molecule has 0 amide bonds. The van der Waals surface area contributed by atoms with Crippen LogP contribution in [-0.4, -0.2) is 34.5 Å². The lowest BCUT2D eigenvalue weighted by Gasteiger charge is -2.18. The van der Waals surface area contributed by atoms with Gasteiger partial charge in [0.15, 0.2) is 6.10 Å². The smallest absolute Gasteiger partial charge is 0.332 e. The summed E-state index contributed by atoms with van der Waals surface area (Å²) >= 11 is 0. The molecule has 0 aromatic carbocycles. The van der Waals surface area contributed by atoms with Crippen molar-refractivity contribution >= 4 is 5.97 Å². The summed E-state index contributed by atoms with van der Waals surface area (Å²) in [6, 6.07) is 0. The minimum Gasteiger partial charge on any atom is -0.479 e. The van der Waals surface area contributed by atoms with Crippen LogP contribution >= 0.6 is 0 Å². The first-order valence-electron chi connectivity index (χ1n) is 3.40. The molecule has 0 spiro atoms. The Balaban J connectivity index is 3.63. The van der Waals surface area contributed by atoms with Gasteiger partial charge in [-0.3, -0.25) is 0 Å². The molecule has 0 heterocycles. The predicted octanol–water partition coefficient (Wildman–Crippen LogP) is 0.247. The zero-order valence-corrected chi connectivity index (χ0v) is 7.00. The Labute approximate surface area is 65.8 Å². The Hall–Kier alpha value is -0.610. The van der Waals surface area contributed by atoms with Crippen LogP contribution in [0.3, 0.4) is 0 Å². The van der Waals surface area contributed by atoms with Gasteiger partial charge in [-0.2, -0.15) is 0 Å². The van der Waals surface area contributed by atoms with Crippen molar-refractivity contribution < 1.29 is 19.7 Å². The number of carboxylic acids is 1. The fraction of sp³-hybridized carbons (Fsp3) is 0.857. The molecule has 0 aliphatic carbocycles. The maximum absolute atomic E-state index is 10.2. The molecule has 4 heteroatoms. The standard InChI is InChI=1S/C7H14O4/c1-5(6(8)9)11-4-7(2,3)10/h5,10H,4H2,1-3H3,(H,8,9)/t5-/m1/s1. The number of carbonyl (C=O) groups is 1. The number of aliphatic carboxylic acids is 1. The van der Waals surface area contributed by atoms with E-state index in [1.54, 1.807) is 13.8 Å². The van der Waals surface area contributed by atoms with E-state index in [1.165, 1.54) is 6.92 Å². The second-order valence-electron chi connectivity index (χ2n) is 3.10. The van der Waals surface area contributed by atoms with E-state index in [0.717, 1.165) is 0 Å². The molecule has 2 N–H and O–H groups in total. The van der Waals surface area contributed by atoms with Gasteiger partial charge in [0.25, 0.3) is 0 Å². The normalized spacial score (nSPS) is 14.5. The molecule has 0 radical (unpaired) electrons. The van der Waals surface area contributed by atoms with E-state index >= 15 is 0 Å². The summed E-state index contributed by atoms with van der Waals surface area (Å²) in [5, 5.41) is 17.5. The fourth-order valence-electron chi connectivity index (χ4n) is 0.400. The quantitative estimate of drug-likeness (QED) is 0.621. The first-order valence-corrected chi connectivity index (χ1v) is 3.40. The van der Waals surface area contributed by atoms with Crippen LogP contribution in [0.1, 0.15) is 20.8 Å². The predicted molar refractivity (Wildman–Crippen MR) is 39.3 cm³/mol. The van der Waals surface area contributed by atoms with E-state index in [-0.39, 0.29) is 6.61 Å². The Bertz CT molecular complexity index is 136. The average molecular weight is 162 g/mol. The first kappa shape index (κ1) is 10.4. The Morgan fingerprint density at radius 3 is 2.36 bits per heavy atom. The van der Waals surface area contributed by atoms with Gasteiger partial charge in [-0.1, -0.05) is 0 Å². The van der Waals surface area contributed by atoms with Crippen LogP contribution < -0.4 is 0 Å². The van der Waals surface area contributed by atoms with Crippen LogP contribution in [0.5, 0.6) is 0 Å². The van der Waals surface area contributed by atoms with E-state index in [1.807, 2.05) is 0 Å². The van der Waals surface area contributed by atoms with Crippen molar-refractivity contribution in [3.8, 4) is 0 Å². The number of hydrogen-bond donors (Lipinski definition) is 2. The van der Waals surface area contributed by atoms with E-state index < -0.39 is 17.7 Å². The van der Waals surface area contributed by atoms with Crippen LogP contribution in [0.4, 0.5) is 0 Å². The van der Waals surface area contributed by atoms with E-state index in [4.69, 9.17) is 14.9 Å². The largest absolute Gasteiger partial charge is 0.479 e. The number of hydrogen-bond acceptors (Lipinski definition) is 3. The average Bonchev–Trinajstić information content (AvgIpc) is 1.80. The van der Waals surface area contributed by atoms with Crippen LogP contribution in [0.2, 0.25) is 0 Å². The highest BCUT2D eigenvalue weighted by molar-refractivity contribution is 5.71. The minimum atomic E-state index is -1.02. The molecule has 4 nitrogen and oxygen atoms in total. The van der Waals surface area contributed by atoms with E-state index in [9.17, 15) is 4.79 Å². The summed E-state index contributed by atoms with van der Waals surface area (Å²) in [6.45, 7) is 4.57. The summed E-state index contributed by atoms with van der Waals surface area (Å²) < 4.78 is 4.82. The van der Waals surface area contributed by atoms with Crippen LogP contribution in [0, 0.1) is 0 Å². The van der Waals surface area contributed by atoms with Gasteiger partial charge in [0, 0.05) is 0 Å². The Morgan fingerprint density at radius 2 is 2.09 bits per heavy atom. The molecular weight excluding hydrogens is 148 g/mol. The summed E-state index contributed by atoms with van der Waals surface area (Å²) in [4.78, 5) is 10.2. The van der Waals surface area contributed by atoms with E-state index in [2.05, 4.69) is 0 Å². The molecule has 0 aliphatic heterocycles. The lowest BCUT2D eigenvalue weighted by Crippen LogP contribution is -2.31. The third kappa shape index (κ3) is 5.82. The monoisotopic (exact) mass is 162 g/mol. The molecule has 0 fully saturated rings. The highest BCUT2D eigenvalue weighted by Gasteiger charge is 2.17. The van der Waals surface area contributed by atoms with Crippen LogP contribution in [0.25, 0.3) is 0 Å². The molecule has 11 heavy (non-hydrogen) atoms. The second kappa shape index (κ2) is 3.69. The molecule has 0 aromatic rings. The van der Waals surface area contributed by atoms with Gasteiger partial charge in [0.1, 0.15) is 0 Å². The zero-order valence-electron chi connectivity index (χ0n) is 7.00. The summed E-state index contributed by atoms with van der Waals surface area (Å²) in [5.41, 5.74) is -0.969. The number of aliphatic hydroxyl groups is 1. The maximum Gasteiger partial charge on any atom is 0.332 e.